The lowest BCUT2D eigenvalue weighted by Crippen LogP contribution is -2.36. The molecule has 0 radical (unpaired) electrons. The minimum absolute atomic E-state index is 0.108. The van der Waals surface area contributed by atoms with Crippen molar-refractivity contribution in [2.24, 2.45) is 5.73 Å². The Morgan fingerprint density at radius 3 is 2.63 bits per heavy atom. The fourth-order valence-electron chi connectivity index (χ4n) is 1.66. The molecule has 7 nitrogen and oxygen atoms in total. The first-order valence-electron chi connectivity index (χ1n) is 5.66. The van der Waals surface area contributed by atoms with Crippen LogP contribution in [0.1, 0.15) is 30.6 Å². The Hall–Kier alpha value is -2.31. The van der Waals surface area contributed by atoms with Crippen LogP contribution in [0.3, 0.4) is 0 Å². The van der Waals surface area contributed by atoms with Crippen LogP contribution >= 0.6 is 0 Å². The van der Waals surface area contributed by atoms with Crippen molar-refractivity contribution in [3.63, 3.8) is 0 Å². The van der Waals surface area contributed by atoms with Gasteiger partial charge in [-0.3, -0.25) is 4.79 Å². The van der Waals surface area contributed by atoms with E-state index in [9.17, 15) is 9.59 Å². The molecule has 0 saturated carbocycles. The third-order valence-corrected chi connectivity index (χ3v) is 2.47. The van der Waals surface area contributed by atoms with E-state index in [1.54, 1.807) is 13.8 Å². The average molecular weight is 266 g/mol. The van der Waals surface area contributed by atoms with Crippen LogP contribution in [-0.2, 0) is 9.53 Å². The van der Waals surface area contributed by atoms with Gasteiger partial charge in [0.1, 0.15) is 5.82 Å². The van der Waals surface area contributed by atoms with Crippen molar-refractivity contribution in [2.75, 3.05) is 18.2 Å². The molecule has 0 aliphatic carbocycles. The molecule has 5 N–H and O–H groups in total. The summed E-state index contributed by atoms with van der Waals surface area (Å²) in [5.74, 6) is -0.676. The number of carbonyl (C=O) groups is 2. The van der Waals surface area contributed by atoms with Gasteiger partial charge < -0.3 is 21.5 Å². The zero-order chi connectivity index (χ0) is 14.6. The molecule has 0 bridgehead atoms. The fourth-order valence-corrected chi connectivity index (χ4v) is 1.66. The molecule has 1 rings (SSSR count). The van der Waals surface area contributed by atoms with Gasteiger partial charge in [-0.05, 0) is 19.9 Å². The molecule has 0 aliphatic rings. The maximum Gasteiger partial charge on any atom is 0.340 e. The van der Waals surface area contributed by atoms with Crippen molar-refractivity contribution in [3.05, 3.63) is 17.8 Å². The number of anilines is 2. The zero-order valence-electron chi connectivity index (χ0n) is 11.2. The number of rotatable bonds is 5. The van der Waals surface area contributed by atoms with Gasteiger partial charge in [-0.1, -0.05) is 0 Å². The molecular formula is C12H18N4O3. The van der Waals surface area contributed by atoms with Crippen molar-refractivity contribution in [1.82, 2.24) is 4.98 Å². The van der Waals surface area contributed by atoms with Gasteiger partial charge in [0.05, 0.1) is 18.4 Å². The summed E-state index contributed by atoms with van der Waals surface area (Å²) in [6.45, 7) is 3.56. The second kappa shape index (κ2) is 5.55. The molecule has 0 atom stereocenters. The molecule has 0 saturated heterocycles. The third-order valence-electron chi connectivity index (χ3n) is 2.47. The summed E-state index contributed by atoms with van der Waals surface area (Å²) >= 11 is 0. The quantitative estimate of drug-likeness (QED) is 0.668. The number of methoxy groups -OCH3 is 1. The van der Waals surface area contributed by atoms with Crippen molar-refractivity contribution < 1.29 is 14.3 Å². The smallest absolute Gasteiger partial charge is 0.340 e. The number of hydrogen-bond acceptors (Lipinski definition) is 6. The Labute approximate surface area is 111 Å². The van der Waals surface area contributed by atoms with E-state index in [2.05, 4.69) is 15.0 Å². The molecule has 0 aliphatic heterocycles. The number of nitrogens with two attached hydrogens (primary N) is 2. The number of hydrogen-bond donors (Lipinski definition) is 3. The number of nitrogen functional groups attached to an aromatic ring is 1. The number of nitrogens with zero attached hydrogens (tertiary/aromatic N) is 1. The Morgan fingerprint density at radius 2 is 2.11 bits per heavy atom. The van der Waals surface area contributed by atoms with Gasteiger partial charge in [0.2, 0.25) is 5.91 Å². The van der Waals surface area contributed by atoms with Crippen LogP contribution < -0.4 is 16.8 Å². The molecule has 1 aromatic heterocycles. The molecule has 0 fully saturated rings. The predicted octanol–water partition coefficient (Wildman–Crippen LogP) is 0.516. The van der Waals surface area contributed by atoms with Crippen LogP contribution in [-0.4, -0.2) is 29.5 Å². The number of nitrogens with one attached hydrogen (secondary N) is 1. The molecule has 104 valence electrons. The first-order chi connectivity index (χ1) is 8.76. The Bertz CT molecular complexity index is 500. The van der Waals surface area contributed by atoms with Crippen molar-refractivity contribution >= 4 is 23.4 Å². The SMILES string of the molecule is COC(=O)c1ccnc(NC(C)(C)CC(N)=O)c1N. The highest BCUT2D eigenvalue weighted by molar-refractivity contribution is 5.97. The number of esters is 1. The van der Waals surface area contributed by atoms with Gasteiger partial charge in [0, 0.05) is 18.2 Å². The highest BCUT2D eigenvalue weighted by Gasteiger charge is 2.23. The van der Waals surface area contributed by atoms with Gasteiger partial charge in [-0.15, -0.1) is 0 Å². The lowest BCUT2D eigenvalue weighted by Gasteiger charge is -2.26. The molecule has 1 amide bonds. The van der Waals surface area contributed by atoms with Crippen LogP contribution in [0, 0.1) is 0 Å². The number of amides is 1. The van der Waals surface area contributed by atoms with Crippen LogP contribution in [0.5, 0.6) is 0 Å². The molecule has 1 heterocycles. The molecule has 0 aromatic carbocycles. The van der Waals surface area contributed by atoms with E-state index in [-0.39, 0.29) is 17.7 Å². The van der Waals surface area contributed by atoms with Gasteiger partial charge in [-0.25, -0.2) is 9.78 Å². The van der Waals surface area contributed by atoms with E-state index in [0.29, 0.717) is 5.82 Å². The topological polar surface area (TPSA) is 120 Å². The van der Waals surface area contributed by atoms with Gasteiger partial charge >= 0.3 is 5.97 Å². The standard InChI is InChI=1S/C12H18N4O3/c1-12(2,6-8(13)17)16-10-9(14)7(4-5-15-10)11(18)19-3/h4-5H,6,14H2,1-3H3,(H2,13,17)(H,15,16). The van der Waals surface area contributed by atoms with Crippen molar-refractivity contribution in [3.8, 4) is 0 Å². The summed E-state index contributed by atoms with van der Waals surface area (Å²) in [5, 5.41) is 2.99. The molecule has 0 spiro atoms. The average Bonchev–Trinajstić information content (AvgIpc) is 2.29. The zero-order valence-corrected chi connectivity index (χ0v) is 11.2. The Morgan fingerprint density at radius 1 is 1.47 bits per heavy atom. The summed E-state index contributed by atoms with van der Waals surface area (Å²) in [6.07, 6.45) is 1.54. The number of aromatic nitrogens is 1. The van der Waals surface area contributed by atoms with E-state index >= 15 is 0 Å². The van der Waals surface area contributed by atoms with Crippen LogP contribution in [0.4, 0.5) is 11.5 Å². The number of primary amides is 1. The number of pyridine rings is 1. The van der Waals surface area contributed by atoms with Crippen LogP contribution in [0.2, 0.25) is 0 Å². The summed E-state index contributed by atoms with van der Waals surface area (Å²) in [4.78, 5) is 26.5. The predicted molar refractivity (Wildman–Crippen MR) is 71.5 cm³/mol. The van der Waals surface area contributed by atoms with E-state index in [1.165, 1.54) is 19.4 Å². The highest BCUT2D eigenvalue weighted by atomic mass is 16.5. The highest BCUT2D eigenvalue weighted by Crippen LogP contribution is 2.25. The maximum absolute atomic E-state index is 11.5. The lowest BCUT2D eigenvalue weighted by atomic mass is 10.00. The van der Waals surface area contributed by atoms with Gasteiger partial charge in [-0.2, -0.15) is 0 Å². The molecular weight excluding hydrogens is 248 g/mol. The fraction of sp³-hybridized carbons (Fsp3) is 0.417. The molecule has 0 unspecified atom stereocenters. The Kier molecular flexibility index (Phi) is 4.31. The Balaban J connectivity index is 3.02. The number of ether oxygens (including phenoxy) is 1. The number of carbonyl (C=O) groups excluding carboxylic acids is 2. The summed E-state index contributed by atoms with van der Waals surface area (Å²) < 4.78 is 4.62. The second-order valence-corrected chi connectivity index (χ2v) is 4.76. The van der Waals surface area contributed by atoms with E-state index in [1.807, 2.05) is 0 Å². The van der Waals surface area contributed by atoms with E-state index in [4.69, 9.17) is 11.5 Å². The van der Waals surface area contributed by atoms with Crippen molar-refractivity contribution in [2.45, 2.75) is 25.8 Å². The maximum atomic E-state index is 11.5. The monoisotopic (exact) mass is 266 g/mol. The summed E-state index contributed by atoms with van der Waals surface area (Å²) in [6, 6.07) is 1.47. The minimum Gasteiger partial charge on any atom is -0.465 e. The molecule has 19 heavy (non-hydrogen) atoms. The summed E-state index contributed by atoms with van der Waals surface area (Å²) in [7, 11) is 1.27. The first kappa shape index (κ1) is 14.7. The van der Waals surface area contributed by atoms with Gasteiger partial charge in [0.15, 0.2) is 0 Å². The van der Waals surface area contributed by atoms with E-state index < -0.39 is 17.4 Å². The summed E-state index contributed by atoms with van der Waals surface area (Å²) in [5.41, 5.74) is 10.8. The molecule has 1 aromatic rings. The van der Waals surface area contributed by atoms with Crippen LogP contribution in [0.15, 0.2) is 12.3 Å². The van der Waals surface area contributed by atoms with Crippen molar-refractivity contribution in [1.29, 1.82) is 0 Å². The second-order valence-electron chi connectivity index (χ2n) is 4.76. The van der Waals surface area contributed by atoms with Crippen LogP contribution in [0.25, 0.3) is 0 Å². The van der Waals surface area contributed by atoms with E-state index in [0.717, 1.165) is 0 Å². The first-order valence-corrected chi connectivity index (χ1v) is 5.66. The van der Waals surface area contributed by atoms with Gasteiger partial charge in [0.25, 0.3) is 0 Å². The largest absolute Gasteiger partial charge is 0.465 e. The third kappa shape index (κ3) is 3.84. The normalized spacial score (nSPS) is 10.9. The molecule has 7 heteroatoms. The minimum atomic E-state index is -0.623. The lowest BCUT2D eigenvalue weighted by molar-refractivity contribution is -0.118.